The standard InChI is InChI=1S/C58H57BN2O2/c1-55(2,3)34-16-24-46-40(28-34)41-29-35(56(4,5)6)17-25-47(41)60(46)38-20-22-44-52(32-38)62-50-14-13-15-51-54(50)59(44)45-23-21-39(33-53(45)63-51)61-48-26-18-36(57(7,8)9)30-42(48)43-31-37(58(10,11)12)19-27-49(43)61/h13-33H,1-12H3. The van der Waals surface area contributed by atoms with Gasteiger partial charge in [-0.05, 0) is 128 Å². The minimum Gasteiger partial charge on any atom is -0.458 e. The summed E-state index contributed by atoms with van der Waals surface area (Å²) in [5.74, 6) is 3.43. The predicted octanol–water partition coefficient (Wildman–Crippen LogP) is 13.8. The molecule has 11 rings (SSSR count). The topological polar surface area (TPSA) is 28.3 Å². The van der Waals surface area contributed by atoms with E-state index in [9.17, 15) is 0 Å². The molecule has 5 heteroatoms. The predicted molar refractivity (Wildman–Crippen MR) is 268 cm³/mol. The molecule has 0 aliphatic carbocycles. The number of fused-ring (bicyclic) bond motifs is 10. The Balaban J connectivity index is 1.07. The van der Waals surface area contributed by atoms with Crippen LogP contribution in [-0.4, -0.2) is 15.8 Å². The van der Waals surface area contributed by atoms with Gasteiger partial charge in [-0.15, -0.1) is 0 Å². The number of hydrogen-bond donors (Lipinski definition) is 0. The van der Waals surface area contributed by atoms with Crippen molar-refractivity contribution in [1.82, 2.24) is 9.13 Å². The molecule has 0 saturated heterocycles. The molecule has 2 aromatic heterocycles. The summed E-state index contributed by atoms with van der Waals surface area (Å²) >= 11 is 0. The van der Waals surface area contributed by atoms with Crippen molar-refractivity contribution >= 4 is 66.7 Å². The zero-order valence-corrected chi connectivity index (χ0v) is 38.9. The number of aromatic nitrogens is 2. The maximum Gasteiger partial charge on any atom is 0.260 e. The maximum absolute atomic E-state index is 6.88. The molecular weight excluding hydrogens is 767 g/mol. The van der Waals surface area contributed by atoms with Gasteiger partial charge in [-0.25, -0.2) is 0 Å². The fourth-order valence-corrected chi connectivity index (χ4v) is 10.1. The summed E-state index contributed by atoms with van der Waals surface area (Å²) in [5, 5.41) is 5.11. The third-order valence-corrected chi connectivity index (χ3v) is 13.9. The molecular formula is C58H57BN2O2. The van der Waals surface area contributed by atoms with E-state index in [0.29, 0.717) is 0 Å². The van der Waals surface area contributed by atoms with E-state index in [-0.39, 0.29) is 28.4 Å². The number of ether oxygens (including phenoxy) is 2. The van der Waals surface area contributed by atoms with Gasteiger partial charge in [0, 0.05) is 50.5 Å². The van der Waals surface area contributed by atoms with Gasteiger partial charge in [-0.3, -0.25) is 0 Å². The van der Waals surface area contributed by atoms with Gasteiger partial charge in [0.2, 0.25) is 0 Å². The normalized spacial score (nSPS) is 13.9. The van der Waals surface area contributed by atoms with Crippen LogP contribution in [0.5, 0.6) is 23.0 Å². The van der Waals surface area contributed by atoms with E-state index in [1.807, 2.05) is 6.07 Å². The first kappa shape index (κ1) is 39.6. The van der Waals surface area contributed by atoms with E-state index in [0.717, 1.165) is 50.8 Å². The van der Waals surface area contributed by atoms with E-state index in [1.165, 1.54) is 65.9 Å². The molecule has 9 aromatic rings. The molecule has 0 fully saturated rings. The van der Waals surface area contributed by atoms with Crippen molar-refractivity contribution in [3.05, 3.63) is 150 Å². The lowest BCUT2D eigenvalue weighted by Gasteiger charge is -2.33. The summed E-state index contributed by atoms with van der Waals surface area (Å²) in [5.41, 5.74) is 15.8. The van der Waals surface area contributed by atoms with Crippen LogP contribution in [0, 0.1) is 0 Å². The number of nitrogens with zero attached hydrogens (tertiary/aromatic N) is 2. The van der Waals surface area contributed by atoms with Crippen LogP contribution in [0.15, 0.2) is 127 Å². The van der Waals surface area contributed by atoms with Crippen LogP contribution >= 0.6 is 0 Å². The Labute approximate surface area is 372 Å². The Morgan fingerprint density at radius 3 is 0.968 bits per heavy atom. The molecule has 0 amide bonds. The monoisotopic (exact) mass is 824 g/mol. The molecule has 0 unspecified atom stereocenters. The van der Waals surface area contributed by atoms with E-state index >= 15 is 0 Å². The van der Waals surface area contributed by atoms with Gasteiger partial charge in [-0.2, -0.15) is 0 Å². The molecule has 314 valence electrons. The third-order valence-electron chi connectivity index (χ3n) is 13.9. The SMILES string of the molecule is CC(C)(C)c1ccc2c(c1)c1cc(C(C)(C)C)ccc1n2-c1ccc2c(c1)Oc1cccc3c1B2c1ccc(-n2c4ccc(C(C)(C)C)cc4c4cc(C(C)(C)C)ccc42)cc1O3. The van der Waals surface area contributed by atoms with Crippen LogP contribution < -0.4 is 25.9 Å². The first-order valence-corrected chi connectivity index (χ1v) is 22.7. The molecule has 7 aromatic carbocycles. The summed E-state index contributed by atoms with van der Waals surface area (Å²) in [6, 6.07) is 47.9. The highest BCUT2D eigenvalue weighted by Gasteiger charge is 2.40. The molecule has 2 aliphatic heterocycles. The van der Waals surface area contributed by atoms with Gasteiger partial charge in [0.1, 0.15) is 23.0 Å². The quantitative estimate of drug-likeness (QED) is 0.162. The van der Waals surface area contributed by atoms with E-state index in [1.54, 1.807) is 0 Å². The highest BCUT2D eigenvalue weighted by atomic mass is 16.5. The van der Waals surface area contributed by atoms with Crippen molar-refractivity contribution in [2.45, 2.75) is 105 Å². The zero-order valence-electron chi connectivity index (χ0n) is 38.9. The molecule has 4 heterocycles. The summed E-state index contributed by atoms with van der Waals surface area (Å²) in [4.78, 5) is 0. The van der Waals surface area contributed by atoms with Crippen molar-refractivity contribution in [1.29, 1.82) is 0 Å². The van der Waals surface area contributed by atoms with Crippen LogP contribution in [0.1, 0.15) is 105 Å². The van der Waals surface area contributed by atoms with E-state index in [2.05, 4.69) is 214 Å². The van der Waals surface area contributed by atoms with Gasteiger partial charge in [0.05, 0.1) is 22.1 Å². The van der Waals surface area contributed by atoms with Gasteiger partial charge < -0.3 is 18.6 Å². The number of benzene rings is 7. The molecule has 0 bridgehead atoms. The van der Waals surface area contributed by atoms with Crippen LogP contribution in [0.25, 0.3) is 55.0 Å². The third kappa shape index (κ3) is 6.17. The molecule has 0 atom stereocenters. The average molecular weight is 825 g/mol. The zero-order chi connectivity index (χ0) is 44.1. The Hall–Kier alpha value is -6.20. The first-order chi connectivity index (χ1) is 29.7. The second-order valence-electron chi connectivity index (χ2n) is 22.3. The molecule has 2 aliphatic rings. The van der Waals surface area contributed by atoms with Gasteiger partial charge >= 0.3 is 0 Å². The van der Waals surface area contributed by atoms with Crippen molar-refractivity contribution < 1.29 is 9.47 Å². The van der Waals surface area contributed by atoms with Gasteiger partial charge in [0.15, 0.2) is 0 Å². The molecule has 0 saturated carbocycles. The Morgan fingerprint density at radius 1 is 0.349 bits per heavy atom. The minimum absolute atomic E-state index is 0.0344. The van der Waals surface area contributed by atoms with Crippen LogP contribution in [0.4, 0.5) is 0 Å². The Bertz CT molecular complexity index is 3030. The molecule has 0 spiro atoms. The first-order valence-electron chi connectivity index (χ1n) is 22.7. The fourth-order valence-electron chi connectivity index (χ4n) is 10.1. The summed E-state index contributed by atoms with van der Waals surface area (Å²) < 4.78 is 18.6. The van der Waals surface area contributed by atoms with Gasteiger partial charge in [-0.1, -0.05) is 126 Å². The fraction of sp³-hybridized carbons (Fsp3) is 0.276. The summed E-state index contributed by atoms with van der Waals surface area (Å²) in [6.45, 7) is 27.5. The minimum atomic E-state index is -0.0459. The smallest absolute Gasteiger partial charge is 0.260 e. The average Bonchev–Trinajstić information content (AvgIpc) is 3.73. The van der Waals surface area contributed by atoms with Crippen LogP contribution in [0.2, 0.25) is 0 Å². The number of hydrogen-bond acceptors (Lipinski definition) is 2. The molecule has 4 nitrogen and oxygen atoms in total. The lowest BCUT2D eigenvalue weighted by atomic mass is 9.35. The molecule has 0 radical (unpaired) electrons. The summed E-state index contributed by atoms with van der Waals surface area (Å²) in [7, 11) is 0. The van der Waals surface area contributed by atoms with Gasteiger partial charge in [0.25, 0.3) is 6.71 Å². The van der Waals surface area contributed by atoms with Crippen molar-refractivity contribution in [3.63, 3.8) is 0 Å². The van der Waals surface area contributed by atoms with E-state index in [4.69, 9.17) is 9.47 Å². The van der Waals surface area contributed by atoms with Crippen molar-refractivity contribution in [2.75, 3.05) is 0 Å². The van der Waals surface area contributed by atoms with E-state index < -0.39 is 0 Å². The second kappa shape index (κ2) is 13.2. The Kier molecular flexibility index (Phi) is 8.29. The lowest BCUT2D eigenvalue weighted by Crippen LogP contribution is -2.57. The largest absolute Gasteiger partial charge is 0.458 e. The highest BCUT2D eigenvalue weighted by Crippen LogP contribution is 2.42. The van der Waals surface area contributed by atoms with Crippen molar-refractivity contribution in [2.24, 2.45) is 0 Å². The lowest BCUT2D eigenvalue weighted by molar-refractivity contribution is 0.464. The number of rotatable bonds is 2. The molecule has 63 heavy (non-hydrogen) atoms. The maximum atomic E-state index is 6.88. The highest BCUT2D eigenvalue weighted by molar-refractivity contribution is 6.98. The van der Waals surface area contributed by atoms with Crippen molar-refractivity contribution in [3.8, 4) is 34.4 Å². The van der Waals surface area contributed by atoms with Crippen LogP contribution in [0.3, 0.4) is 0 Å². The van der Waals surface area contributed by atoms with Crippen LogP contribution in [-0.2, 0) is 21.7 Å². The summed E-state index contributed by atoms with van der Waals surface area (Å²) in [6.07, 6.45) is 0. The Morgan fingerprint density at radius 2 is 0.667 bits per heavy atom. The second-order valence-corrected chi connectivity index (χ2v) is 22.3. The molecule has 0 N–H and O–H groups in total.